The molecular weight excluding hydrogens is 459 g/mol. The average molecular weight is 485 g/mol. The number of imidazole rings is 2. The molecule has 1 N–H and O–H groups in total. The molecule has 2 atom stereocenters. The molecule has 1 fully saturated rings. The van der Waals surface area contributed by atoms with Gasteiger partial charge in [0.2, 0.25) is 0 Å². The van der Waals surface area contributed by atoms with Crippen LogP contribution in [0.1, 0.15) is 23.6 Å². The highest BCUT2D eigenvalue weighted by molar-refractivity contribution is 5.85. The maximum Gasteiger partial charge on any atom is 0.261 e. The van der Waals surface area contributed by atoms with Crippen molar-refractivity contribution in [3.63, 3.8) is 0 Å². The third kappa shape index (κ3) is 4.12. The molecule has 2 aliphatic heterocycles. The first-order valence-electron chi connectivity index (χ1n) is 10.8. The van der Waals surface area contributed by atoms with E-state index in [0.29, 0.717) is 23.9 Å². The molecule has 0 aliphatic carbocycles. The second-order valence-electron chi connectivity index (χ2n) is 8.52. The van der Waals surface area contributed by atoms with Gasteiger partial charge in [-0.3, -0.25) is 4.79 Å². The average Bonchev–Trinajstić information content (AvgIpc) is 3.48. The van der Waals surface area contributed by atoms with Gasteiger partial charge in [-0.15, -0.1) is 24.8 Å². The lowest BCUT2D eigenvalue weighted by Gasteiger charge is -2.37. The van der Waals surface area contributed by atoms with Crippen LogP contribution in [-0.4, -0.2) is 36.8 Å². The first-order valence-corrected chi connectivity index (χ1v) is 10.8. The standard InChI is InChI=1S/C24H24N6O.2ClH/c31-24-20(5-6-22-19-11-17(12-26-13-19)14-30(22)24)23-27-8-10-28(23)15-18-3-1-2-4-21(18)29-9-7-25-16-29;;/h1-10,16-17,19,26H,11-15H2;2*1H/t17-,19+;;/m0../s1. The summed E-state index contributed by atoms with van der Waals surface area (Å²) < 4.78 is 6.06. The number of benzene rings is 1. The van der Waals surface area contributed by atoms with Crippen LogP contribution in [0.2, 0.25) is 0 Å². The molecule has 9 heteroatoms. The highest BCUT2D eigenvalue weighted by Crippen LogP contribution is 2.32. The zero-order chi connectivity index (χ0) is 20.8. The van der Waals surface area contributed by atoms with E-state index >= 15 is 0 Å². The fourth-order valence-corrected chi connectivity index (χ4v) is 5.12. The Morgan fingerprint density at radius 1 is 1.03 bits per heavy atom. The summed E-state index contributed by atoms with van der Waals surface area (Å²) in [6.45, 7) is 3.36. The number of para-hydroxylation sites is 1. The minimum Gasteiger partial charge on any atom is -0.326 e. The number of nitrogens with zero attached hydrogens (tertiary/aromatic N) is 5. The summed E-state index contributed by atoms with van der Waals surface area (Å²) in [5, 5.41) is 3.50. The van der Waals surface area contributed by atoms with Crippen LogP contribution in [0.5, 0.6) is 0 Å². The van der Waals surface area contributed by atoms with E-state index in [1.807, 2.05) is 39.7 Å². The van der Waals surface area contributed by atoms with Crippen molar-refractivity contribution in [3.8, 4) is 17.1 Å². The van der Waals surface area contributed by atoms with Crippen molar-refractivity contribution >= 4 is 24.8 Å². The molecule has 0 spiro atoms. The Morgan fingerprint density at radius 2 is 1.91 bits per heavy atom. The van der Waals surface area contributed by atoms with Gasteiger partial charge in [-0.05, 0) is 42.6 Å². The molecule has 0 amide bonds. The highest BCUT2D eigenvalue weighted by Gasteiger charge is 2.31. The molecule has 1 saturated heterocycles. The molecule has 3 aromatic heterocycles. The third-order valence-electron chi connectivity index (χ3n) is 6.58. The predicted molar refractivity (Wildman–Crippen MR) is 133 cm³/mol. The van der Waals surface area contributed by atoms with Gasteiger partial charge >= 0.3 is 0 Å². The molecule has 7 nitrogen and oxygen atoms in total. The van der Waals surface area contributed by atoms with Crippen molar-refractivity contribution in [2.45, 2.75) is 25.4 Å². The topological polar surface area (TPSA) is 69.7 Å². The number of fused-ring (bicyclic) bond motifs is 4. The first kappa shape index (κ1) is 23.3. The van der Waals surface area contributed by atoms with Gasteiger partial charge in [-0.1, -0.05) is 18.2 Å². The number of pyridine rings is 1. The molecule has 33 heavy (non-hydrogen) atoms. The molecule has 5 heterocycles. The normalized spacial score (nSPS) is 18.7. The lowest BCUT2D eigenvalue weighted by atomic mass is 9.84. The zero-order valence-corrected chi connectivity index (χ0v) is 19.6. The lowest BCUT2D eigenvalue weighted by Crippen LogP contribution is -2.45. The summed E-state index contributed by atoms with van der Waals surface area (Å²) in [5.41, 5.74) is 4.10. The Hall–Kier alpha value is -2.87. The second-order valence-corrected chi connectivity index (χ2v) is 8.52. The van der Waals surface area contributed by atoms with Gasteiger partial charge in [0.25, 0.3) is 5.56 Å². The van der Waals surface area contributed by atoms with Gasteiger partial charge < -0.3 is 19.0 Å². The summed E-state index contributed by atoms with van der Waals surface area (Å²) in [6, 6.07) is 12.3. The van der Waals surface area contributed by atoms with Crippen molar-refractivity contribution in [1.82, 2.24) is 29.0 Å². The summed E-state index contributed by atoms with van der Waals surface area (Å²) in [4.78, 5) is 22.2. The Bertz CT molecular complexity index is 1300. The van der Waals surface area contributed by atoms with Gasteiger partial charge in [-0.25, -0.2) is 9.97 Å². The number of nitrogens with one attached hydrogen (secondary N) is 1. The van der Waals surface area contributed by atoms with Crippen LogP contribution in [0.15, 0.2) is 72.3 Å². The minimum absolute atomic E-state index is 0. The fraction of sp³-hybridized carbons (Fsp3) is 0.292. The Morgan fingerprint density at radius 3 is 2.76 bits per heavy atom. The van der Waals surface area contributed by atoms with Crippen LogP contribution in [0, 0.1) is 5.92 Å². The number of hydrogen-bond acceptors (Lipinski definition) is 4. The van der Waals surface area contributed by atoms with Crippen LogP contribution in [0.25, 0.3) is 17.1 Å². The summed E-state index contributed by atoms with van der Waals surface area (Å²) in [7, 11) is 0. The number of piperidine rings is 1. The van der Waals surface area contributed by atoms with Crippen LogP contribution in [-0.2, 0) is 13.1 Å². The van der Waals surface area contributed by atoms with Gasteiger partial charge in [-0.2, -0.15) is 0 Å². The summed E-state index contributed by atoms with van der Waals surface area (Å²) in [5.74, 6) is 1.67. The maximum atomic E-state index is 13.5. The first-order chi connectivity index (χ1) is 15.3. The number of aromatic nitrogens is 5. The van der Waals surface area contributed by atoms with Gasteiger partial charge in [0.1, 0.15) is 5.82 Å². The number of rotatable bonds is 4. The van der Waals surface area contributed by atoms with Crippen molar-refractivity contribution in [1.29, 1.82) is 0 Å². The van der Waals surface area contributed by atoms with Crippen molar-refractivity contribution in [3.05, 3.63) is 89.1 Å². The van der Waals surface area contributed by atoms with E-state index in [1.165, 1.54) is 6.42 Å². The molecule has 0 unspecified atom stereocenters. The van der Waals surface area contributed by atoms with E-state index < -0.39 is 0 Å². The van der Waals surface area contributed by atoms with E-state index in [1.54, 1.807) is 18.7 Å². The van der Waals surface area contributed by atoms with Crippen molar-refractivity contribution in [2.75, 3.05) is 13.1 Å². The molecular formula is C24H26Cl2N6O. The van der Waals surface area contributed by atoms with Crippen molar-refractivity contribution in [2.24, 2.45) is 5.92 Å². The molecule has 1 aromatic carbocycles. The molecule has 6 rings (SSSR count). The van der Waals surface area contributed by atoms with Crippen LogP contribution in [0.3, 0.4) is 0 Å². The van der Waals surface area contributed by atoms with E-state index in [9.17, 15) is 4.79 Å². The maximum absolute atomic E-state index is 13.5. The SMILES string of the molecule is Cl.Cl.O=c1c(-c2nccn2Cc2ccccc2-n2ccnc2)ccc2n1C[C@@H]1CNC[C@H]2C1. The van der Waals surface area contributed by atoms with Gasteiger partial charge in [0.15, 0.2) is 0 Å². The lowest BCUT2D eigenvalue weighted by molar-refractivity contribution is 0.257. The third-order valence-corrected chi connectivity index (χ3v) is 6.58. The summed E-state index contributed by atoms with van der Waals surface area (Å²) in [6.07, 6.45) is 10.4. The largest absolute Gasteiger partial charge is 0.326 e. The Balaban J connectivity index is 0.00000130. The smallest absolute Gasteiger partial charge is 0.261 e. The van der Waals surface area contributed by atoms with Crippen LogP contribution >= 0.6 is 24.8 Å². The second kappa shape index (κ2) is 9.55. The molecule has 0 radical (unpaired) electrons. The monoisotopic (exact) mass is 484 g/mol. The minimum atomic E-state index is 0. The van der Waals surface area contributed by atoms with Crippen LogP contribution in [0.4, 0.5) is 0 Å². The Kier molecular flexibility index (Phi) is 6.74. The van der Waals surface area contributed by atoms with E-state index in [-0.39, 0.29) is 30.4 Å². The molecule has 172 valence electrons. The quantitative estimate of drug-likeness (QED) is 0.481. The van der Waals surface area contributed by atoms with Gasteiger partial charge in [0.05, 0.1) is 24.1 Å². The zero-order valence-electron chi connectivity index (χ0n) is 18.0. The van der Waals surface area contributed by atoms with Crippen LogP contribution < -0.4 is 10.9 Å². The van der Waals surface area contributed by atoms with Crippen molar-refractivity contribution < 1.29 is 0 Å². The van der Waals surface area contributed by atoms with E-state index in [2.05, 4.69) is 38.1 Å². The number of halogens is 2. The fourth-order valence-electron chi connectivity index (χ4n) is 5.12. The Labute approximate surface area is 204 Å². The van der Waals surface area contributed by atoms with E-state index in [4.69, 9.17) is 0 Å². The number of hydrogen-bond donors (Lipinski definition) is 1. The van der Waals surface area contributed by atoms with Gasteiger partial charge in [0, 0.05) is 49.5 Å². The molecule has 2 bridgehead atoms. The molecule has 2 aliphatic rings. The van der Waals surface area contributed by atoms with E-state index in [0.717, 1.165) is 42.4 Å². The highest BCUT2D eigenvalue weighted by atomic mass is 35.5. The summed E-state index contributed by atoms with van der Waals surface area (Å²) >= 11 is 0. The molecule has 4 aromatic rings. The molecule has 0 saturated carbocycles. The predicted octanol–water partition coefficient (Wildman–Crippen LogP) is 3.50.